The second kappa shape index (κ2) is 6.09. The van der Waals surface area contributed by atoms with E-state index in [9.17, 15) is 0 Å². The molecule has 0 heterocycles. The van der Waals surface area contributed by atoms with Gasteiger partial charge in [0, 0.05) is 0 Å². The van der Waals surface area contributed by atoms with Crippen molar-refractivity contribution in [2.24, 2.45) is 0 Å². The predicted octanol–water partition coefficient (Wildman–Crippen LogP) is 5.74. The minimum Gasteiger partial charge on any atom is -0.0842 e. The van der Waals surface area contributed by atoms with Crippen molar-refractivity contribution in [2.75, 3.05) is 0 Å². The van der Waals surface area contributed by atoms with E-state index >= 15 is 0 Å². The third-order valence-corrected chi connectivity index (χ3v) is 4.25. The third-order valence-electron chi connectivity index (χ3n) is 4.25. The van der Waals surface area contributed by atoms with Crippen LogP contribution >= 0.6 is 0 Å². The van der Waals surface area contributed by atoms with Crippen LogP contribution in [0.2, 0.25) is 0 Å². The average molecular weight is 262 g/mol. The first kappa shape index (κ1) is 13.2. The highest BCUT2D eigenvalue weighted by Crippen LogP contribution is 2.29. The van der Waals surface area contributed by atoms with E-state index in [4.69, 9.17) is 0 Å². The molecular formula is C20H22. The van der Waals surface area contributed by atoms with Crippen LogP contribution in [0.1, 0.15) is 39.0 Å². The quantitative estimate of drug-likeness (QED) is 0.595. The van der Waals surface area contributed by atoms with Gasteiger partial charge in [0.25, 0.3) is 0 Å². The standard InChI is InChI=1S/C20H22/c1-16-10-12-20(13-11-16)19-9-5-8-18(14-15-19)17-6-3-2-4-7-17/h2-3,5-6,9-10,12,14-15H,4,7-8,11,13H2,1H3. The molecule has 0 fully saturated rings. The molecule has 0 saturated heterocycles. The van der Waals surface area contributed by atoms with Crippen LogP contribution in [0.3, 0.4) is 0 Å². The Labute approximate surface area is 122 Å². The summed E-state index contributed by atoms with van der Waals surface area (Å²) in [6.45, 7) is 2.21. The first-order chi connectivity index (χ1) is 9.83. The Morgan fingerprint density at radius 2 is 1.65 bits per heavy atom. The van der Waals surface area contributed by atoms with Crippen molar-refractivity contribution >= 4 is 0 Å². The molecule has 0 aromatic carbocycles. The third kappa shape index (κ3) is 3.01. The molecule has 0 aliphatic heterocycles. The first-order valence-corrected chi connectivity index (χ1v) is 7.63. The number of hydrogen-bond donors (Lipinski definition) is 0. The fourth-order valence-electron chi connectivity index (χ4n) is 2.93. The van der Waals surface area contributed by atoms with Crippen LogP contribution in [0.25, 0.3) is 0 Å². The average Bonchev–Trinajstić information content (AvgIpc) is 2.75. The normalized spacial score (nSPS) is 22.4. The lowest BCUT2D eigenvalue weighted by molar-refractivity contribution is 0.918. The molecule has 0 amide bonds. The molecule has 0 heteroatoms. The highest BCUT2D eigenvalue weighted by Gasteiger charge is 2.10. The van der Waals surface area contributed by atoms with Crippen molar-refractivity contribution in [3.8, 4) is 0 Å². The Balaban J connectivity index is 1.84. The molecule has 3 rings (SSSR count). The summed E-state index contributed by atoms with van der Waals surface area (Å²) in [5, 5.41) is 0. The summed E-state index contributed by atoms with van der Waals surface area (Å²) >= 11 is 0. The van der Waals surface area contributed by atoms with E-state index in [1.807, 2.05) is 0 Å². The summed E-state index contributed by atoms with van der Waals surface area (Å²) in [4.78, 5) is 0. The molecule has 20 heavy (non-hydrogen) atoms. The van der Waals surface area contributed by atoms with Crippen LogP contribution in [0.5, 0.6) is 0 Å². The van der Waals surface area contributed by atoms with Gasteiger partial charge in [-0.3, -0.25) is 0 Å². The molecule has 0 N–H and O–H groups in total. The molecule has 102 valence electrons. The Hall–Kier alpha value is -1.82. The van der Waals surface area contributed by atoms with Gasteiger partial charge >= 0.3 is 0 Å². The highest BCUT2D eigenvalue weighted by molar-refractivity contribution is 5.50. The number of rotatable bonds is 2. The van der Waals surface area contributed by atoms with E-state index < -0.39 is 0 Å². The maximum atomic E-state index is 2.33. The molecule has 0 saturated carbocycles. The van der Waals surface area contributed by atoms with E-state index in [2.05, 4.69) is 61.6 Å². The summed E-state index contributed by atoms with van der Waals surface area (Å²) in [5.41, 5.74) is 7.33. The lowest BCUT2D eigenvalue weighted by atomic mass is 9.93. The van der Waals surface area contributed by atoms with Gasteiger partial charge in [0.15, 0.2) is 0 Å². The van der Waals surface area contributed by atoms with Gasteiger partial charge in [-0.05, 0) is 61.3 Å². The van der Waals surface area contributed by atoms with Gasteiger partial charge in [-0.2, -0.15) is 0 Å². The number of allylic oxidation sites excluding steroid dienone is 14. The van der Waals surface area contributed by atoms with Crippen LogP contribution in [0.4, 0.5) is 0 Å². The van der Waals surface area contributed by atoms with Crippen molar-refractivity contribution in [1.82, 2.24) is 0 Å². The van der Waals surface area contributed by atoms with Crippen molar-refractivity contribution in [3.63, 3.8) is 0 Å². The van der Waals surface area contributed by atoms with Crippen LogP contribution < -0.4 is 0 Å². The van der Waals surface area contributed by atoms with E-state index in [0.29, 0.717) is 0 Å². The van der Waals surface area contributed by atoms with Crippen molar-refractivity contribution in [1.29, 1.82) is 0 Å². The molecule has 0 atom stereocenters. The van der Waals surface area contributed by atoms with Crippen LogP contribution in [0.15, 0.2) is 82.5 Å². The Bertz CT molecular complexity index is 598. The monoisotopic (exact) mass is 262 g/mol. The zero-order valence-electron chi connectivity index (χ0n) is 12.2. The minimum atomic E-state index is 1.06. The zero-order valence-corrected chi connectivity index (χ0v) is 12.2. The summed E-state index contributed by atoms with van der Waals surface area (Å²) in [6, 6.07) is 0. The van der Waals surface area contributed by atoms with E-state index in [1.165, 1.54) is 53.5 Å². The summed E-state index contributed by atoms with van der Waals surface area (Å²) in [6.07, 6.45) is 26.3. The molecule has 0 aromatic heterocycles. The Kier molecular flexibility index (Phi) is 4.01. The van der Waals surface area contributed by atoms with Crippen molar-refractivity contribution in [2.45, 2.75) is 39.0 Å². The first-order valence-electron chi connectivity index (χ1n) is 7.63. The molecule has 3 aliphatic rings. The maximum absolute atomic E-state index is 2.33. The Morgan fingerprint density at radius 3 is 2.40 bits per heavy atom. The van der Waals surface area contributed by atoms with Gasteiger partial charge in [0.05, 0.1) is 0 Å². The second-order valence-electron chi connectivity index (χ2n) is 5.78. The van der Waals surface area contributed by atoms with Crippen LogP contribution in [-0.4, -0.2) is 0 Å². The molecule has 0 bridgehead atoms. The largest absolute Gasteiger partial charge is 0.0842 e. The summed E-state index contributed by atoms with van der Waals surface area (Å²) in [5.74, 6) is 0. The van der Waals surface area contributed by atoms with Gasteiger partial charge < -0.3 is 0 Å². The maximum Gasteiger partial charge on any atom is -0.00914 e. The fraction of sp³-hybridized carbons (Fsp3) is 0.300. The predicted molar refractivity (Wildman–Crippen MR) is 87.5 cm³/mol. The summed E-state index contributed by atoms with van der Waals surface area (Å²) < 4.78 is 0. The Morgan fingerprint density at radius 1 is 0.750 bits per heavy atom. The van der Waals surface area contributed by atoms with Crippen LogP contribution in [-0.2, 0) is 0 Å². The zero-order chi connectivity index (χ0) is 13.8. The molecular weight excluding hydrogens is 240 g/mol. The lowest BCUT2D eigenvalue weighted by Crippen LogP contribution is -1.93. The SMILES string of the molecule is CC1=CC=C(C2=CC=C(C3=CC=CCC3)CC=C2)CC1. The highest BCUT2D eigenvalue weighted by atomic mass is 14.2. The summed E-state index contributed by atoms with van der Waals surface area (Å²) in [7, 11) is 0. The van der Waals surface area contributed by atoms with E-state index in [0.717, 1.165) is 6.42 Å². The fourth-order valence-corrected chi connectivity index (χ4v) is 2.93. The molecule has 0 aromatic rings. The smallest absolute Gasteiger partial charge is 0.00914 e. The van der Waals surface area contributed by atoms with Crippen molar-refractivity contribution < 1.29 is 0 Å². The van der Waals surface area contributed by atoms with Gasteiger partial charge in [0.1, 0.15) is 0 Å². The molecule has 0 unspecified atom stereocenters. The van der Waals surface area contributed by atoms with Gasteiger partial charge in [-0.15, -0.1) is 0 Å². The molecule has 3 aliphatic carbocycles. The van der Waals surface area contributed by atoms with Crippen LogP contribution in [0, 0.1) is 0 Å². The van der Waals surface area contributed by atoms with Gasteiger partial charge in [-0.1, -0.05) is 60.3 Å². The van der Waals surface area contributed by atoms with Crippen molar-refractivity contribution in [3.05, 3.63) is 82.5 Å². The molecule has 0 radical (unpaired) electrons. The molecule has 0 spiro atoms. The minimum absolute atomic E-state index is 1.06. The second-order valence-corrected chi connectivity index (χ2v) is 5.78. The van der Waals surface area contributed by atoms with Gasteiger partial charge in [0.2, 0.25) is 0 Å². The van der Waals surface area contributed by atoms with E-state index in [-0.39, 0.29) is 0 Å². The van der Waals surface area contributed by atoms with Gasteiger partial charge in [-0.25, -0.2) is 0 Å². The molecule has 0 nitrogen and oxygen atoms in total. The topological polar surface area (TPSA) is 0 Å². The van der Waals surface area contributed by atoms with E-state index in [1.54, 1.807) is 0 Å². The lowest BCUT2D eigenvalue weighted by Gasteiger charge is -2.12. The number of hydrogen-bond acceptors (Lipinski definition) is 0.